The first kappa shape index (κ1) is 11.5. The molecule has 1 fully saturated rings. The van der Waals surface area contributed by atoms with Crippen LogP contribution in [-0.4, -0.2) is 12.1 Å². The zero-order valence-electron chi connectivity index (χ0n) is 6.79. The topological polar surface area (TPSA) is 29.4 Å². The summed E-state index contributed by atoms with van der Waals surface area (Å²) in [5, 5.41) is 0. The fraction of sp³-hybridized carbons (Fsp3) is 0.750. The van der Waals surface area contributed by atoms with Crippen LogP contribution in [0.25, 0.3) is 0 Å². The van der Waals surface area contributed by atoms with E-state index >= 15 is 0 Å². The van der Waals surface area contributed by atoms with Crippen LogP contribution in [0.1, 0.15) is 26.2 Å². The molecule has 0 saturated heterocycles. The summed E-state index contributed by atoms with van der Waals surface area (Å²) in [6.07, 6.45) is 7.11. The zero-order chi connectivity index (χ0) is 7.40. The molecule has 1 rings (SSSR count). The van der Waals surface area contributed by atoms with E-state index < -0.39 is 0 Å². The maximum atomic E-state index is 9.91. The van der Waals surface area contributed by atoms with E-state index in [2.05, 4.69) is 18.3 Å². The van der Waals surface area contributed by atoms with E-state index in [9.17, 15) is 4.79 Å². The average Bonchev–Trinajstić information content (AvgIpc) is 1.94. The van der Waals surface area contributed by atoms with Gasteiger partial charge in [-0.05, 0) is 5.92 Å². The summed E-state index contributed by atoms with van der Waals surface area (Å²) in [5.41, 5.74) is 0. The first-order chi connectivity index (χ1) is 4.84. The van der Waals surface area contributed by atoms with E-state index in [-0.39, 0.29) is 38.8 Å². The third kappa shape index (κ3) is 3.60. The minimum absolute atomic E-state index is 0. The number of rotatable bonds is 1. The van der Waals surface area contributed by atoms with E-state index in [4.69, 9.17) is 0 Å². The van der Waals surface area contributed by atoms with Crippen LogP contribution in [0.5, 0.6) is 0 Å². The Labute approximate surface area is 92.7 Å². The van der Waals surface area contributed by atoms with E-state index in [0.717, 1.165) is 12.8 Å². The van der Waals surface area contributed by atoms with Gasteiger partial charge in [-0.25, -0.2) is 9.79 Å². The van der Waals surface area contributed by atoms with Gasteiger partial charge in [0.15, 0.2) is 0 Å². The molecule has 1 saturated carbocycles. The SMILES string of the molecule is CC1CC[CH-]CC1N=C=O.[Y]. The van der Waals surface area contributed by atoms with Crippen molar-refractivity contribution in [1.29, 1.82) is 0 Å². The molecule has 1 radical (unpaired) electrons. The third-order valence-electron chi connectivity index (χ3n) is 2.11. The monoisotopic (exact) mass is 227 g/mol. The molecule has 0 aliphatic heterocycles. The zero-order valence-corrected chi connectivity index (χ0v) is 9.62. The normalized spacial score (nSPS) is 29.9. The first-order valence-corrected chi connectivity index (χ1v) is 3.73. The van der Waals surface area contributed by atoms with Crippen LogP contribution in [0.4, 0.5) is 0 Å². The van der Waals surface area contributed by atoms with Gasteiger partial charge in [-0.15, -0.1) is 0 Å². The summed E-state index contributed by atoms with van der Waals surface area (Å²) in [4.78, 5) is 13.6. The predicted molar refractivity (Wildman–Crippen MR) is 39.2 cm³/mol. The summed E-state index contributed by atoms with van der Waals surface area (Å²) in [7, 11) is 0. The smallest absolute Gasteiger partial charge is 0.235 e. The van der Waals surface area contributed by atoms with E-state index in [1.54, 1.807) is 6.08 Å². The molecule has 0 bridgehead atoms. The van der Waals surface area contributed by atoms with Gasteiger partial charge in [0.1, 0.15) is 0 Å². The van der Waals surface area contributed by atoms with Crippen LogP contribution in [0.15, 0.2) is 4.99 Å². The minimum atomic E-state index is 0. The largest absolute Gasteiger partial charge is 0.326 e. The third-order valence-corrected chi connectivity index (χ3v) is 2.11. The number of aliphatic imine (C=N–C) groups is 1. The van der Waals surface area contributed by atoms with Crippen molar-refractivity contribution in [2.24, 2.45) is 10.9 Å². The Bertz CT molecular complexity index is 154. The van der Waals surface area contributed by atoms with Gasteiger partial charge in [0.05, 0.1) is 0 Å². The summed E-state index contributed by atoms with van der Waals surface area (Å²) >= 11 is 0. The Morgan fingerprint density at radius 3 is 2.91 bits per heavy atom. The number of hydrogen-bond donors (Lipinski definition) is 0. The Kier molecular flexibility index (Phi) is 6.32. The quantitative estimate of drug-likeness (QED) is 0.381. The predicted octanol–water partition coefficient (Wildman–Crippen LogP) is 1.71. The van der Waals surface area contributed by atoms with Crippen LogP contribution >= 0.6 is 0 Å². The second kappa shape index (κ2) is 6.05. The van der Waals surface area contributed by atoms with E-state index in [1.807, 2.05) is 0 Å². The van der Waals surface area contributed by atoms with Gasteiger partial charge in [-0.3, -0.25) is 0 Å². The van der Waals surface area contributed by atoms with Crippen molar-refractivity contribution >= 4 is 6.08 Å². The van der Waals surface area contributed by atoms with Gasteiger partial charge in [0.2, 0.25) is 6.08 Å². The van der Waals surface area contributed by atoms with Crippen molar-refractivity contribution < 1.29 is 37.5 Å². The minimum Gasteiger partial charge on any atom is -0.326 e. The van der Waals surface area contributed by atoms with Crippen LogP contribution in [-0.2, 0) is 37.5 Å². The molecule has 3 heteroatoms. The Balaban J connectivity index is 0.000001000. The van der Waals surface area contributed by atoms with Crippen molar-refractivity contribution in [2.45, 2.75) is 32.2 Å². The van der Waals surface area contributed by atoms with Crippen molar-refractivity contribution in [2.75, 3.05) is 0 Å². The summed E-state index contributed by atoms with van der Waals surface area (Å²) < 4.78 is 0. The molecule has 0 amide bonds. The van der Waals surface area contributed by atoms with Gasteiger partial charge in [0.25, 0.3) is 0 Å². The molecule has 11 heavy (non-hydrogen) atoms. The molecule has 0 aromatic rings. The van der Waals surface area contributed by atoms with Crippen LogP contribution in [0.3, 0.4) is 0 Å². The summed E-state index contributed by atoms with van der Waals surface area (Å²) in [6.45, 7) is 2.14. The maximum Gasteiger partial charge on any atom is 0.235 e. The molecular formula is C8H12NOY-. The molecule has 0 aromatic heterocycles. The number of carbonyl (C=O) groups excluding carboxylic acids is 1. The fourth-order valence-electron chi connectivity index (χ4n) is 1.34. The second-order valence-corrected chi connectivity index (χ2v) is 2.87. The number of isocyanates is 1. The van der Waals surface area contributed by atoms with E-state index in [1.165, 1.54) is 6.42 Å². The molecule has 59 valence electrons. The van der Waals surface area contributed by atoms with Crippen molar-refractivity contribution in [3.63, 3.8) is 0 Å². The van der Waals surface area contributed by atoms with E-state index in [0.29, 0.717) is 5.92 Å². The van der Waals surface area contributed by atoms with Gasteiger partial charge >= 0.3 is 0 Å². The summed E-state index contributed by atoms with van der Waals surface area (Å²) in [5.74, 6) is 0.562. The number of nitrogens with zero attached hydrogens (tertiary/aromatic N) is 1. The first-order valence-electron chi connectivity index (χ1n) is 3.73. The molecule has 0 heterocycles. The van der Waals surface area contributed by atoms with Crippen LogP contribution < -0.4 is 0 Å². The summed E-state index contributed by atoms with van der Waals surface area (Å²) in [6, 6.07) is 0.214. The second-order valence-electron chi connectivity index (χ2n) is 2.87. The molecule has 2 atom stereocenters. The molecule has 0 spiro atoms. The molecule has 2 unspecified atom stereocenters. The Morgan fingerprint density at radius 2 is 2.36 bits per heavy atom. The Morgan fingerprint density at radius 1 is 1.64 bits per heavy atom. The van der Waals surface area contributed by atoms with Gasteiger partial charge in [0, 0.05) is 38.8 Å². The molecule has 1 aliphatic carbocycles. The average molecular weight is 227 g/mol. The molecule has 0 N–H and O–H groups in total. The standard InChI is InChI=1S/C8H12NO.Y/c1-7-4-2-3-5-8(7)9-6-10;/h3,7-8H,2,4-5H2,1H3;/q-1;. The fourth-order valence-corrected chi connectivity index (χ4v) is 1.34. The van der Waals surface area contributed by atoms with Gasteiger partial charge in [-0.1, -0.05) is 13.3 Å². The molecule has 2 nitrogen and oxygen atoms in total. The molecule has 0 aromatic carbocycles. The van der Waals surface area contributed by atoms with Crippen LogP contribution in [0, 0.1) is 12.3 Å². The van der Waals surface area contributed by atoms with Gasteiger partial charge < -0.3 is 6.42 Å². The van der Waals surface area contributed by atoms with Crippen molar-refractivity contribution in [1.82, 2.24) is 0 Å². The Hall–Kier alpha value is 0.484. The number of hydrogen-bond acceptors (Lipinski definition) is 2. The maximum absolute atomic E-state index is 9.91. The van der Waals surface area contributed by atoms with Crippen molar-refractivity contribution in [3.8, 4) is 0 Å². The van der Waals surface area contributed by atoms with Crippen molar-refractivity contribution in [3.05, 3.63) is 6.42 Å². The van der Waals surface area contributed by atoms with Crippen LogP contribution in [0.2, 0.25) is 0 Å². The van der Waals surface area contributed by atoms with Gasteiger partial charge in [-0.2, -0.15) is 12.8 Å². The molecule has 1 aliphatic rings. The molecular weight excluding hydrogens is 215 g/mol.